The van der Waals surface area contributed by atoms with Crippen LogP contribution in [0, 0.1) is 0 Å². The highest BCUT2D eigenvalue weighted by molar-refractivity contribution is 5.93. The molecule has 20 heavy (non-hydrogen) atoms. The molecule has 1 unspecified atom stereocenters. The van der Waals surface area contributed by atoms with Gasteiger partial charge in [0.15, 0.2) is 0 Å². The van der Waals surface area contributed by atoms with Gasteiger partial charge in [-0.15, -0.1) is 0 Å². The first-order valence-corrected chi connectivity index (χ1v) is 7.59. The van der Waals surface area contributed by atoms with E-state index in [0.717, 1.165) is 19.0 Å². The quantitative estimate of drug-likeness (QED) is 0.785. The van der Waals surface area contributed by atoms with Crippen LogP contribution in [0.25, 0.3) is 0 Å². The first-order chi connectivity index (χ1) is 9.70. The van der Waals surface area contributed by atoms with Crippen LogP contribution in [-0.2, 0) is 4.79 Å². The number of nitrogens with zero attached hydrogens (tertiary/aromatic N) is 1. The van der Waals surface area contributed by atoms with Gasteiger partial charge in [0, 0.05) is 12.5 Å². The number of carbonyl (C=O) groups is 1. The van der Waals surface area contributed by atoms with Gasteiger partial charge < -0.3 is 16.0 Å². The fraction of sp³-hybridized carbons (Fsp3) is 0.562. The molecule has 3 N–H and O–H groups in total. The van der Waals surface area contributed by atoms with Crippen LogP contribution in [0.3, 0.4) is 0 Å². The Balaban J connectivity index is 1.72. The minimum absolute atomic E-state index is 0.0511. The summed E-state index contributed by atoms with van der Waals surface area (Å²) in [7, 11) is 0. The molecule has 0 aromatic heterocycles. The normalized spacial score (nSPS) is 19.1. The van der Waals surface area contributed by atoms with Crippen molar-refractivity contribution in [2.45, 2.75) is 45.1 Å². The average molecular weight is 275 g/mol. The molecule has 0 spiro atoms. The van der Waals surface area contributed by atoms with Crippen molar-refractivity contribution < 1.29 is 4.79 Å². The topological polar surface area (TPSA) is 58.4 Å². The second-order valence-corrected chi connectivity index (χ2v) is 5.48. The molecule has 1 aromatic rings. The van der Waals surface area contributed by atoms with E-state index in [1.807, 2.05) is 18.2 Å². The number of carbonyl (C=O) groups excluding carboxylic acids is 1. The number of nitrogen functional groups attached to an aromatic ring is 1. The van der Waals surface area contributed by atoms with Gasteiger partial charge in [0.2, 0.25) is 5.91 Å². The minimum atomic E-state index is 0.0511. The van der Waals surface area contributed by atoms with E-state index in [4.69, 9.17) is 5.73 Å². The maximum absolute atomic E-state index is 11.9. The van der Waals surface area contributed by atoms with Crippen LogP contribution in [-0.4, -0.2) is 29.9 Å². The summed E-state index contributed by atoms with van der Waals surface area (Å²) in [5, 5.41) is 2.88. The van der Waals surface area contributed by atoms with Crippen LogP contribution in [0.4, 0.5) is 11.4 Å². The Morgan fingerprint density at radius 3 is 3.00 bits per heavy atom. The Kier molecular flexibility index (Phi) is 5.41. The number of hydrogen-bond donors (Lipinski definition) is 2. The maximum atomic E-state index is 11.9. The van der Waals surface area contributed by atoms with Crippen molar-refractivity contribution in [1.82, 2.24) is 4.90 Å². The number of nitrogens with two attached hydrogens (primary N) is 1. The summed E-state index contributed by atoms with van der Waals surface area (Å²) in [5.41, 5.74) is 7.14. The molecule has 1 atom stereocenters. The van der Waals surface area contributed by atoms with Crippen molar-refractivity contribution in [3.05, 3.63) is 24.3 Å². The first kappa shape index (κ1) is 14.9. The third kappa shape index (κ3) is 3.97. The molecule has 1 amide bonds. The summed E-state index contributed by atoms with van der Waals surface area (Å²) in [6.45, 7) is 4.45. The lowest BCUT2D eigenvalue weighted by Crippen LogP contribution is -2.30. The van der Waals surface area contributed by atoms with Crippen LogP contribution in [0.2, 0.25) is 0 Å². The van der Waals surface area contributed by atoms with Gasteiger partial charge in [-0.25, -0.2) is 0 Å². The van der Waals surface area contributed by atoms with Crippen molar-refractivity contribution >= 4 is 17.3 Å². The highest BCUT2D eigenvalue weighted by atomic mass is 16.1. The average Bonchev–Trinajstić information content (AvgIpc) is 2.89. The van der Waals surface area contributed by atoms with E-state index in [2.05, 4.69) is 17.1 Å². The minimum Gasteiger partial charge on any atom is -0.397 e. The van der Waals surface area contributed by atoms with E-state index in [-0.39, 0.29) is 5.91 Å². The molecule has 4 nitrogen and oxygen atoms in total. The summed E-state index contributed by atoms with van der Waals surface area (Å²) in [5.74, 6) is 0.0511. The zero-order valence-electron chi connectivity index (χ0n) is 12.3. The Bertz CT molecular complexity index is 447. The molecule has 2 rings (SSSR count). The molecule has 1 saturated heterocycles. The molecular weight excluding hydrogens is 250 g/mol. The third-order valence-electron chi connectivity index (χ3n) is 4.05. The van der Waals surface area contributed by atoms with Crippen molar-refractivity contribution in [3.8, 4) is 0 Å². The van der Waals surface area contributed by atoms with Crippen molar-refractivity contribution in [3.63, 3.8) is 0 Å². The van der Waals surface area contributed by atoms with Crippen LogP contribution in [0.5, 0.6) is 0 Å². The first-order valence-electron chi connectivity index (χ1n) is 7.59. The zero-order chi connectivity index (χ0) is 14.4. The lowest BCUT2D eigenvalue weighted by atomic mass is 10.1. The smallest absolute Gasteiger partial charge is 0.224 e. The third-order valence-corrected chi connectivity index (χ3v) is 4.05. The van der Waals surface area contributed by atoms with E-state index in [1.54, 1.807) is 6.07 Å². The van der Waals surface area contributed by atoms with Crippen molar-refractivity contribution in [2.24, 2.45) is 0 Å². The Labute approximate surface area is 121 Å². The van der Waals surface area contributed by atoms with Gasteiger partial charge in [0.05, 0.1) is 11.4 Å². The number of nitrogens with one attached hydrogen (secondary N) is 1. The SMILES string of the molecule is CCC1CCCN1CCCC(=O)Nc1ccccc1N. The summed E-state index contributed by atoms with van der Waals surface area (Å²) >= 11 is 0. The van der Waals surface area contributed by atoms with Gasteiger partial charge in [0.25, 0.3) is 0 Å². The van der Waals surface area contributed by atoms with Crippen LogP contribution in [0.1, 0.15) is 39.0 Å². The van der Waals surface area contributed by atoms with E-state index in [9.17, 15) is 4.79 Å². The molecule has 4 heteroatoms. The zero-order valence-corrected chi connectivity index (χ0v) is 12.3. The van der Waals surface area contributed by atoms with E-state index in [1.165, 1.54) is 25.8 Å². The molecular formula is C16H25N3O. The standard InChI is InChI=1S/C16H25N3O/c1-2-13-7-5-11-19(13)12-6-10-16(20)18-15-9-4-3-8-14(15)17/h3-4,8-9,13H,2,5-7,10-12,17H2,1H3,(H,18,20). The molecule has 0 bridgehead atoms. The highest BCUT2D eigenvalue weighted by Crippen LogP contribution is 2.20. The van der Waals surface area contributed by atoms with Crippen molar-refractivity contribution in [1.29, 1.82) is 0 Å². The van der Waals surface area contributed by atoms with Crippen molar-refractivity contribution in [2.75, 3.05) is 24.1 Å². The van der Waals surface area contributed by atoms with Gasteiger partial charge in [-0.1, -0.05) is 19.1 Å². The van der Waals surface area contributed by atoms with Gasteiger partial charge in [-0.05, 0) is 50.9 Å². The molecule has 0 saturated carbocycles. The van der Waals surface area contributed by atoms with E-state index < -0.39 is 0 Å². The van der Waals surface area contributed by atoms with Crippen LogP contribution >= 0.6 is 0 Å². The maximum Gasteiger partial charge on any atom is 0.224 e. The van der Waals surface area contributed by atoms with Gasteiger partial charge >= 0.3 is 0 Å². The molecule has 110 valence electrons. The lowest BCUT2D eigenvalue weighted by molar-refractivity contribution is -0.116. The number of para-hydroxylation sites is 2. The molecule has 0 radical (unpaired) electrons. The highest BCUT2D eigenvalue weighted by Gasteiger charge is 2.22. The van der Waals surface area contributed by atoms with Crippen LogP contribution in [0.15, 0.2) is 24.3 Å². The van der Waals surface area contributed by atoms with E-state index in [0.29, 0.717) is 17.8 Å². The predicted octanol–water partition coefficient (Wildman–Crippen LogP) is 2.86. The Morgan fingerprint density at radius 1 is 1.45 bits per heavy atom. The molecule has 0 aliphatic carbocycles. The fourth-order valence-corrected chi connectivity index (χ4v) is 2.92. The largest absolute Gasteiger partial charge is 0.397 e. The number of amides is 1. The molecule has 1 fully saturated rings. The Hall–Kier alpha value is -1.55. The number of hydrogen-bond acceptors (Lipinski definition) is 3. The van der Waals surface area contributed by atoms with E-state index >= 15 is 0 Å². The number of likely N-dealkylation sites (tertiary alicyclic amines) is 1. The van der Waals surface area contributed by atoms with Gasteiger partial charge in [-0.2, -0.15) is 0 Å². The molecule has 1 aliphatic heterocycles. The Morgan fingerprint density at radius 2 is 2.25 bits per heavy atom. The summed E-state index contributed by atoms with van der Waals surface area (Å²) in [6.07, 6.45) is 5.29. The molecule has 1 aromatic carbocycles. The lowest BCUT2D eigenvalue weighted by Gasteiger charge is -2.22. The number of anilines is 2. The summed E-state index contributed by atoms with van der Waals surface area (Å²) in [4.78, 5) is 14.4. The number of rotatable bonds is 6. The molecule has 1 heterocycles. The van der Waals surface area contributed by atoms with Crippen LogP contribution < -0.4 is 11.1 Å². The van der Waals surface area contributed by atoms with Gasteiger partial charge in [-0.3, -0.25) is 4.79 Å². The predicted molar refractivity (Wildman–Crippen MR) is 83.6 cm³/mol. The summed E-state index contributed by atoms with van der Waals surface area (Å²) in [6, 6.07) is 8.10. The van der Waals surface area contributed by atoms with Gasteiger partial charge in [0.1, 0.15) is 0 Å². The summed E-state index contributed by atoms with van der Waals surface area (Å²) < 4.78 is 0. The monoisotopic (exact) mass is 275 g/mol. The second kappa shape index (κ2) is 7.29. The molecule has 1 aliphatic rings. The second-order valence-electron chi connectivity index (χ2n) is 5.48. The number of benzene rings is 1. The fourth-order valence-electron chi connectivity index (χ4n) is 2.92.